The Morgan fingerprint density at radius 1 is 0.960 bits per heavy atom. The van der Waals surface area contributed by atoms with E-state index < -0.39 is 23.6 Å². The fourth-order valence-corrected chi connectivity index (χ4v) is 1.96. The molecule has 25 heavy (non-hydrogen) atoms. The molecule has 0 aliphatic heterocycles. The van der Waals surface area contributed by atoms with Crippen LogP contribution in [-0.2, 0) is 6.18 Å². The first-order chi connectivity index (χ1) is 11.8. The van der Waals surface area contributed by atoms with Crippen LogP contribution < -0.4 is 15.4 Å². The minimum atomic E-state index is -4.46. The molecule has 0 spiro atoms. The summed E-state index contributed by atoms with van der Waals surface area (Å²) in [7, 11) is 0. The Kier molecular flexibility index (Phi) is 5.58. The van der Waals surface area contributed by atoms with Crippen molar-refractivity contribution in [2.45, 2.75) is 6.18 Å². The van der Waals surface area contributed by atoms with Crippen LogP contribution in [0.5, 0.6) is 0 Å². The Balaban J connectivity index is 1.81. The van der Waals surface area contributed by atoms with Gasteiger partial charge in [-0.2, -0.15) is 17.9 Å². The molecule has 9 heteroatoms. The van der Waals surface area contributed by atoms with E-state index in [9.17, 15) is 28.0 Å². The molecule has 6 nitrogen and oxygen atoms in total. The zero-order valence-electron chi connectivity index (χ0n) is 12.8. The first kappa shape index (κ1) is 18.2. The normalized spacial score (nSPS) is 11.0. The number of aromatic nitrogens is 1. The highest BCUT2D eigenvalue weighted by Crippen LogP contribution is 2.28. The Morgan fingerprint density at radius 2 is 1.56 bits per heavy atom. The molecule has 0 atom stereocenters. The van der Waals surface area contributed by atoms with Gasteiger partial charge in [0, 0.05) is 30.8 Å². The van der Waals surface area contributed by atoms with E-state index in [2.05, 4.69) is 10.6 Å². The van der Waals surface area contributed by atoms with Crippen molar-refractivity contribution in [2.75, 3.05) is 13.1 Å². The highest BCUT2D eigenvalue weighted by molar-refractivity contribution is 5.94. The summed E-state index contributed by atoms with van der Waals surface area (Å²) in [6.45, 7) is 0.109. The summed E-state index contributed by atoms with van der Waals surface area (Å²) in [6.07, 6.45) is -3.28. The van der Waals surface area contributed by atoms with Gasteiger partial charge in [-0.25, -0.2) is 0 Å². The summed E-state index contributed by atoms with van der Waals surface area (Å²) in [5.74, 6) is -1.17. The highest BCUT2D eigenvalue weighted by atomic mass is 19.4. The highest BCUT2D eigenvalue weighted by Gasteiger charge is 2.30. The fraction of sp³-hybridized carbons (Fsp3) is 0.188. The number of nitrogens with zero attached hydrogens (tertiary/aromatic N) is 1. The van der Waals surface area contributed by atoms with Gasteiger partial charge in [0.05, 0.1) is 5.56 Å². The summed E-state index contributed by atoms with van der Waals surface area (Å²) in [5.41, 5.74) is -0.860. The maximum Gasteiger partial charge on any atom is 0.416 e. The number of halogens is 3. The van der Waals surface area contributed by atoms with E-state index in [4.69, 9.17) is 0 Å². The molecule has 0 unspecified atom stereocenters. The zero-order chi connectivity index (χ0) is 18.4. The molecule has 0 saturated carbocycles. The number of rotatable bonds is 5. The summed E-state index contributed by atoms with van der Waals surface area (Å²) in [5, 5.41) is 16.3. The molecule has 0 aliphatic carbocycles. The predicted molar refractivity (Wildman–Crippen MR) is 81.5 cm³/mol. The van der Waals surface area contributed by atoms with Crippen LogP contribution in [0.15, 0.2) is 48.7 Å². The minimum absolute atomic E-state index is 0.0529. The Labute approximate surface area is 140 Å². The van der Waals surface area contributed by atoms with Crippen molar-refractivity contribution in [3.8, 4) is 0 Å². The van der Waals surface area contributed by atoms with Crippen LogP contribution in [0.3, 0.4) is 0 Å². The predicted octanol–water partition coefficient (Wildman–Crippen LogP) is 1.50. The average Bonchev–Trinajstić information content (AvgIpc) is 2.58. The number of carbonyl (C=O) groups is 2. The number of pyridine rings is 1. The van der Waals surface area contributed by atoms with Gasteiger partial charge >= 0.3 is 12.1 Å². The molecule has 132 valence electrons. The van der Waals surface area contributed by atoms with Crippen molar-refractivity contribution in [1.82, 2.24) is 10.6 Å². The minimum Gasteiger partial charge on any atom is -0.618 e. The van der Waals surface area contributed by atoms with Crippen LogP contribution in [0.4, 0.5) is 13.2 Å². The van der Waals surface area contributed by atoms with Crippen LogP contribution in [0.1, 0.15) is 26.4 Å². The molecule has 0 radical (unpaired) electrons. The maximum atomic E-state index is 12.4. The third kappa shape index (κ3) is 4.93. The SMILES string of the molecule is O=C(NCCNC(=O)c1cccc[n+]1[O-])c1ccc(C(F)(F)F)cc1. The molecule has 1 aromatic carbocycles. The van der Waals surface area contributed by atoms with Crippen molar-refractivity contribution < 1.29 is 27.5 Å². The number of benzene rings is 1. The van der Waals surface area contributed by atoms with E-state index in [-0.39, 0.29) is 24.3 Å². The van der Waals surface area contributed by atoms with Gasteiger partial charge in [0.2, 0.25) is 0 Å². The Bertz CT molecular complexity index is 761. The Hall–Kier alpha value is -3.10. The fourth-order valence-electron chi connectivity index (χ4n) is 1.96. The number of hydrogen-bond acceptors (Lipinski definition) is 3. The third-order valence-corrected chi connectivity index (χ3v) is 3.23. The molecular weight excluding hydrogens is 339 g/mol. The lowest BCUT2D eigenvalue weighted by Gasteiger charge is -2.09. The zero-order valence-corrected chi connectivity index (χ0v) is 12.8. The van der Waals surface area contributed by atoms with Crippen LogP contribution in [0.25, 0.3) is 0 Å². The lowest BCUT2D eigenvalue weighted by Crippen LogP contribution is -2.41. The van der Waals surface area contributed by atoms with Crippen molar-refractivity contribution >= 4 is 11.8 Å². The Morgan fingerprint density at radius 3 is 2.12 bits per heavy atom. The van der Waals surface area contributed by atoms with Crippen LogP contribution in [-0.4, -0.2) is 24.9 Å². The van der Waals surface area contributed by atoms with E-state index >= 15 is 0 Å². The molecule has 2 aromatic rings. The first-order valence-electron chi connectivity index (χ1n) is 7.21. The van der Waals surface area contributed by atoms with Crippen LogP contribution in [0.2, 0.25) is 0 Å². The van der Waals surface area contributed by atoms with Gasteiger partial charge < -0.3 is 15.8 Å². The number of amides is 2. The van der Waals surface area contributed by atoms with Gasteiger partial charge in [0.25, 0.3) is 11.6 Å². The summed E-state index contributed by atoms with van der Waals surface area (Å²) >= 11 is 0. The van der Waals surface area contributed by atoms with Crippen molar-refractivity contribution in [3.63, 3.8) is 0 Å². The van der Waals surface area contributed by atoms with Crippen molar-refractivity contribution in [2.24, 2.45) is 0 Å². The summed E-state index contributed by atoms with van der Waals surface area (Å²) < 4.78 is 37.8. The second kappa shape index (κ2) is 7.65. The van der Waals surface area contributed by atoms with E-state index in [1.54, 1.807) is 0 Å². The lowest BCUT2D eigenvalue weighted by atomic mass is 10.1. The molecule has 2 N–H and O–H groups in total. The first-order valence-corrected chi connectivity index (χ1v) is 7.21. The standard InChI is InChI=1S/C16H14F3N3O3/c17-16(18,19)12-6-4-11(5-7-12)14(23)20-8-9-21-15(24)13-3-1-2-10-22(13)25/h1-7,10H,8-9H2,(H,20,23)(H,21,24). The maximum absolute atomic E-state index is 12.4. The van der Waals surface area contributed by atoms with Gasteiger partial charge in [-0.15, -0.1) is 0 Å². The number of alkyl halides is 3. The van der Waals surface area contributed by atoms with E-state index in [1.165, 1.54) is 24.4 Å². The summed E-state index contributed by atoms with van der Waals surface area (Å²) in [6, 6.07) is 8.15. The summed E-state index contributed by atoms with van der Waals surface area (Å²) in [4.78, 5) is 23.6. The molecule has 0 saturated heterocycles. The molecule has 0 bridgehead atoms. The van der Waals surface area contributed by atoms with E-state index in [0.717, 1.165) is 24.3 Å². The molecule has 2 rings (SSSR count). The second-order valence-electron chi connectivity index (χ2n) is 5.00. The van der Waals surface area contributed by atoms with Gasteiger partial charge in [0.1, 0.15) is 0 Å². The third-order valence-electron chi connectivity index (χ3n) is 3.23. The monoisotopic (exact) mass is 353 g/mol. The topological polar surface area (TPSA) is 85.1 Å². The van der Waals surface area contributed by atoms with Crippen LogP contribution in [0, 0.1) is 5.21 Å². The van der Waals surface area contributed by atoms with Gasteiger partial charge in [-0.05, 0) is 30.3 Å². The van der Waals surface area contributed by atoms with Crippen molar-refractivity contribution in [3.05, 3.63) is 70.7 Å². The molecule has 0 aliphatic rings. The largest absolute Gasteiger partial charge is 0.618 e. The van der Waals surface area contributed by atoms with Gasteiger partial charge in [-0.1, -0.05) is 0 Å². The van der Waals surface area contributed by atoms with Crippen molar-refractivity contribution in [1.29, 1.82) is 0 Å². The molecular formula is C16H14F3N3O3. The smallest absolute Gasteiger partial charge is 0.416 e. The van der Waals surface area contributed by atoms with Crippen LogP contribution >= 0.6 is 0 Å². The number of nitrogens with one attached hydrogen (secondary N) is 2. The lowest BCUT2D eigenvalue weighted by molar-refractivity contribution is -0.607. The molecule has 1 heterocycles. The molecule has 2 amide bonds. The number of carbonyl (C=O) groups excluding carboxylic acids is 2. The van der Waals surface area contributed by atoms with E-state index in [1.807, 2.05) is 0 Å². The average molecular weight is 353 g/mol. The van der Waals surface area contributed by atoms with Gasteiger partial charge in [0.15, 0.2) is 6.20 Å². The van der Waals surface area contributed by atoms with E-state index in [0.29, 0.717) is 4.73 Å². The molecule has 1 aromatic heterocycles. The number of hydrogen-bond donors (Lipinski definition) is 2. The van der Waals surface area contributed by atoms with Gasteiger partial charge in [-0.3, -0.25) is 9.59 Å². The second-order valence-corrected chi connectivity index (χ2v) is 5.00. The quantitative estimate of drug-likeness (QED) is 0.485. The molecule has 0 fully saturated rings.